The van der Waals surface area contributed by atoms with Crippen molar-refractivity contribution >= 4 is 17.5 Å². The molecule has 3 rings (SSSR count). The van der Waals surface area contributed by atoms with Gasteiger partial charge in [-0.05, 0) is 48.2 Å². The van der Waals surface area contributed by atoms with E-state index in [9.17, 15) is 13.6 Å². The van der Waals surface area contributed by atoms with E-state index in [2.05, 4.69) is 5.32 Å². The highest BCUT2D eigenvalue weighted by atomic mass is 35.5. The average Bonchev–Trinajstić information content (AvgIpc) is 2.57. The Morgan fingerprint density at radius 3 is 2.63 bits per heavy atom. The van der Waals surface area contributed by atoms with Crippen LogP contribution >= 0.6 is 11.6 Å². The number of benzene rings is 2. The van der Waals surface area contributed by atoms with Crippen molar-refractivity contribution in [2.75, 3.05) is 13.1 Å². The highest BCUT2D eigenvalue weighted by Gasteiger charge is 2.29. The molecule has 1 fully saturated rings. The first-order chi connectivity index (χ1) is 12.9. The van der Waals surface area contributed by atoms with Gasteiger partial charge in [0.2, 0.25) is 5.91 Å². The molecule has 1 unspecified atom stereocenters. The molecule has 0 bridgehead atoms. The SMILES string of the molecule is NC(Cc1cc(F)cc(F)c1)C[C@@H]1NCCN(Cc2cccc(Cl)c2)C1=O. The Kier molecular flexibility index (Phi) is 6.42. The van der Waals surface area contributed by atoms with Crippen LogP contribution < -0.4 is 11.1 Å². The molecule has 144 valence electrons. The Bertz CT molecular complexity index is 797. The summed E-state index contributed by atoms with van der Waals surface area (Å²) < 4.78 is 26.6. The van der Waals surface area contributed by atoms with Crippen LogP contribution in [-0.2, 0) is 17.8 Å². The second-order valence-electron chi connectivity index (χ2n) is 6.87. The second-order valence-corrected chi connectivity index (χ2v) is 7.31. The van der Waals surface area contributed by atoms with E-state index in [-0.39, 0.29) is 5.91 Å². The van der Waals surface area contributed by atoms with Gasteiger partial charge in [-0.25, -0.2) is 8.78 Å². The van der Waals surface area contributed by atoms with E-state index in [4.69, 9.17) is 17.3 Å². The molecule has 2 atom stereocenters. The van der Waals surface area contributed by atoms with Crippen LogP contribution in [0.25, 0.3) is 0 Å². The molecule has 2 aromatic carbocycles. The van der Waals surface area contributed by atoms with Gasteiger partial charge in [0, 0.05) is 36.8 Å². The molecule has 1 saturated heterocycles. The summed E-state index contributed by atoms with van der Waals surface area (Å²) in [4.78, 5) is 14.5. The normalized spacial score (nSPS) is 18.6. The molecule has 0 spiro atoms. The van der Waals surface area contributed by atoms with E-state index in [0.29, 0.717) is 43.1 Å². The summed E-state index contributed by atoms with van der Waals surface area (Å²) >= 11 is 6.01. The summed E-state index contributed by atoms with van der Waals surface area (Å²) in [5, 5.41) is 3.83. The zero-order valence-corrected chi connectivity index (χ0v) is 15.6. The number of halogens is 3. The van der Waals surface area contributed by atoms with Gasteiger partial charge < -0.3 is 16.0 Å². The van der Waals surface area contributed by atoms with Crippen LogP contribution in [0.5, 0.6) is 0 Å². The first-order valence-corrected chi connectivity index (χ1v) is 9.25. The first kappa shape index (κ1) is 19.7. The van der Waals surface area contributed by atoms with Crippen molar-refractivity contribution in [3.05, 3.63) is 70.2 Å². The molecule has 1 aliphatic heterocycles. The van der Waals surface area contributed by atoms with E-state index in [1.54, 1.807) is 11.0 Å². The number of nitrogens with one attached hydrogen (secondary N) is 1. The molecule has 0 saturated carbocycles. The number of hydrogen-bond donors (Lipinski definition) is 2. The van der Waals surface area contributed by atoms with Crippen molar-refractivity contribution in [3.8, 4) is 0 Å². The summed E-state index contributed by atoms with van der Waals surface area (Å²) in [7, 11) is 0. The molecular weight excluding hydrogens is 372 g/mol. The summed E-state index contributed by atoms with van der Waals surface area (Å²) in [6.45, 7) is 1.76. The maximum absolute atomic E-state index is 13.3. The van der Waals surface area contributed by atoms with Crippen molar-refractivity contribution in [2.45, 2.75) is 31.5 Å². The third-order valence-electron chi connectivity index (χ3n) is 4.60. The van der Waals surface area contributed by atoms with E-state index in [1.165, 1.54) is 12.1 Å². The van der Waals surface area contributed by atoms with Crippen molar-refractivity contribution in [1.29, 1.82) is 0 Å². The fourth-order valence-corrected chi connectivity index (χ4v) is 3.62. The van der Waals surface area contributed by atoms with E-state index in [1.807, 2.05) is 18.2 Å². The van der Waals surface area contributed by atoms with Gasteiger partial charge in [-0.15, -0.1) is 0 Å². The lowest BCUT2D eigenvalue weighted by molar-refractivity contribution is -0.136. The summed E-state index contributed by atoms with van der Waals surface area (Å²) in [6, 6.07) is 9.99. The quantitative estimate of drug-likeness (QED) is 0.793. The number of piperazine rings is 1. The number of nitrogens with two attached hydrogens (primary N) is 1. The highest BCUT2D eigenvalue weighted by molar-refractivity contribution is 6.30. The van der Waals surface area contributed by atoms with Gasteiger partial charge in [0.15, 0.2) is 0 Å². The van der Waals surface area contributed by atoms with Crippen LogP contribution in [0.2, 0.25) is 5.02 Å². The zero-order chi connectivity index (χ0) is 19.4. The minimum atomic E-state index is -0.628. The molecule has 0 radical (unpaired) electrons. The van der Waals surface area contributed by atoms with Gasteiger partial charge in [-0.3, -0.25) is 4.79 Å². The molecule has 27 heavy (non-hydrogen) atoms. The van der Waals surface area contributed by atoms with Gasteiger partial charge in [-0.1, -0.05) is 23.7 Å². The lowest BCUT2D eigenvalue weighted by Crippen LogP contribution is -2.56. The molecule has 7 heteroatoms. The molecule has 3 N–H and O–H groups in total. The number of nitrogens with zero attached hydrogens (tertiary/aromatic N) is 1. The summed E-state index contributed by atoms with van der Waals surface area (Å²) in [5.41, 5.74) is 7.60. The highest BCUT2D eigenvalue weighted by Crippen LogP contribution is 2.17. The molecule has 0 aromatic heterocycles. The van der Waals surface area contributed by atoms with E-state index < -0.39 is 23.7 Å². The number of amides is 1. The predicted molar refractivity (Wildman–Crippen MR) is 101 cm³/mol. The second kappa shape index (κ2) is 8.78. The lowest BCUT2D eigenvalue weighted by Gasteiger charge is -2.34. The molecule has 1 aliphatic rings. The van der Waals surface area contributed by atoms with Gasteiger partial charge in [0.1, 0.15) is 11.6 Å². The Morgan fingerprint density at radius 1 is 1.19 bits per heavy atom. The fourth-order valence-electron chi connectivity index (χ4n) is 3.41. The Morgan fingerprint density at radius 2 is 1.93 bits per heavy atom. The smallest absolute Gasteiger partial charge is 0.240 e. The zero-order valence-electron chi connectivity index (χ0n) is 14.8. The number of carbonyl (C=O) groups excluding carboxylic acids is 1. The molecule has 2 aromatic rings. The standard InChI is InChI=1S/C20H22ClF2N3O/c21-15-3-1-2-13(6-15)12-26-5-4-25-19(20(26)27)11-18(24)9-14-7-16(22)10-17(23)8-14/h1-3,6-8,10,18-19,25H,4-5,9,11-12,24H2/t18?,19-/m0/s1. The average molecular weight is 394 g/mol. The van der Waals surface area contributed by atoms with Crippen molar-refractivity contribution < 1.29 is 13.6 Å². The number of rotatable bonds is 6. The van der Waals surface area contributed by atoms with E-state index >= 15 is 0 Å². The Balaban J connectivity index is 1.60. The minimum absolute atomic E-state index is 0.0258. The van der Waals surface area contributed by atoms with Crippen LogP contribution in [0.4, 0.5) is 8.78 Å². The maximum Gasteiger partial charge on any atom is 0.240 e. The third kappa shape index (κ3) is 5.48. The molecule has 0 aliphatic carbocycles. The Labute approximate surface area is 162 Å². The van der Waals surface area contributed by atoms with E-state index in [0.717, 1.165) is 11.6 Å². The first-order valence-electron chi connectivity index (χ1n) is 8.88. The largest absolute Gasteiger partial charge is 0.336 e. The number of hydrogen-bond acceptors (Lipinski definition) is 3. The van der Waals surface area contributed by atoms with Gasteiger partial charge in [0.25, 0.3) is 0 Å². The van der Waals surface area contributed by atoms with Crippen molar-refractivity contribution in [1.82, 2.24) is 10.2 Å². The minimum Gasteiger partial charge on any atom is -0.336 e. The van der Waals surface area contributed by atoms with Crippen molar-refractivity contribution in [3.63, 3.8) is 0 Å². The topological polar surface area (TPSA) is 58.4 Å². The van der Waals surface area contributed by atoms with Crippen LogP contribution in [0.3, 0.4) is 0 Å². The third-order valence-corrected chi connectivity index (χ3v) is 4.84. The van der Waals surface area contributed by atoms with Crippen LogP contribution in [0.1, 0.15) is 17.5 Å². The molecule has 1 heterocycles. The summed E-state index contributed by atoms with van der Waals surface area (Å²) in [5.74, 6) is -1.28. The van der Waals surface area contributed by atoms with Crippen LogP contribution in [0, 0.1) is 11.6 Å². The number of carbonyl (C=O) groups is 1. The monoisotopic (exact) mass is 393 g/mol. The molecule has 1 amide bonds. The van der Waals surface area contributed by atoms with Gasteiger partial charge >= 0.3 is 0 Å². The lowest BCUT2D eigenvalue weighted by atomic mass is 9.98. The van der Waals surface area contributed by atoms with Crippen molar-refractivity contribution in [2.24, 2.45) is 5.73 Å². The predicted octanol–water partition coefficient (Wildman–Crippen LogP) is 2.88. The van der Waals surface area contributed by atoms with Gasteiger partial charge in [0.05, 0.1) is 6.04 Å². The molecular formula is C20H22ClF2N3O. The summed E-state index contributed by atoms with van der Waals surface area (Å²) in [6.07, 6.45) is 0.692. The Hall–Kier alpha value is -2.02. The molecule has 4 nitrogen and oxygen atoms in total. The van der Waals surface area contributed by atoms with Crippen LogP contribution in [0.15, 0.2) is 42.5 Å². The van der Waals surface area contributed by atoms with Crippen LogP contribution in [-0.4, -0.2) is 36.0 Å². The fraction of sp³-hybridized carbons (Fsp3) is 0.350. The maximum atomic E-state index is 13.3. The van der Waals surface area contributed by atoms with Gasteiger partial charge in [-0.2, -0.15) is 0 Å².